The second kappa shape index (κ2) is 8.83. The quantitative estimate of drug-likeness (QED) is 0.596. The highest BCUT2D eigenvalue weighted by atomic mass is 16.5. The SMILES string of the molecule is O=C(COC(=O)C1CC2CCCC(C1)C2=O)NCCOc1ccccc1. The molecule has 1 aromatic carbocycles. The summed E-state index contributed by atoms with van der Waals surface area (Å²) in [5, 5.41) is 2.66. The van der Waals surface area contributed by atoms with Crippen LogP contribution in [0, 0.1) is 17.8 Å². The number of ether oxygens (including phenoxy) is 2. The lowest BCUT2D eigenvalue weighted by molar-refractivity contribution is -0.156. The van der Waals surface area contributed by atoms with E-state index in [1.165, 1.54) is 0 Å². The van der Waals surface area contributed by atoms with Gasteiger partial charge in [-0.3, -0.25) is 14.4 Å². The molecule has 140 valence electrons. The summed E-state index contributed by atoms with van der Waals surface area (Å²) in [6, 6.07) is 9.33. The summed E-state index contributed by atoms with van der Waals surface area (Å²) in [7, 11) is 0. The standard InChI is InChI=1S/C20H25NO5/c22-18(21-9-10-25-17-7-2-1-3-8-17)13-26-20(24)16-11-14-5-4-6-15(12-16)19(14)23/h1-3,7-8,14-16H,4-6,9-13H2,(H,21,22). The summed E-state index contributed by atoms with van der Waals surface area (Å²) in [5.74, 6) is 0.111. The molecule has 0 radical (unpaired) electrons. The molecule has 0 aromatic heterocycles. The third-order valence-electron chi connectivity index (χ3n) is 5.16. The number of hydrogen-bond donors (Lipinski definition) is 1. The molecule has 2 fully saturated rings. The summed E-state index contributed by atoms with van der Waals surface area (Å²) in [6.07, 6.45) is 3.96. The summed E-state index contributed by atoms with van der Waals surface area (Å²) in [6.45, 7) is 0.398. The van der Waals surface area contributed by atoms with Crippen molar-refractivity contribution in [3.05, 3.63) is 30.3 Å². The second-order valence-electron chi connectivity index (χ2n) is 7.01. The number of ketones is 1. The zero-order valence-electron chi connectivity index (χ0n) is 14.8. The normalized spacial score (nSPS) is 24.6. The van der Waals surface area contributed by atoms with Crippen LogP contribution in [-0.2, 0) is 19.1 Å². The van der Waals surface area contributed by atoms with Crippen molar-refractivity contribution in [1.29, 1.82) is 0 Å². The Hall–Kier alpha value is -2.37. The van der Waals surface area contributed by atoms with Crippen LogP contribution in [0.1, 0.15) is 32.1 Å². The predicted molar refractivity (Wildman–Crippen MR) is 94.5 cm³/mol. The van der Waals surface area contributed by atoms with Gasteiger partial charge in [-0.15, -0.1) is 0 Å². The van der Waals surface area contributed by atoms with Crippen LogP contribution in [0.3, 0.4) is 0 Å². The van der Waals surface area contributed by atoms with Crippen molar-refractivity contribution < 1.29 is 23.9 Å². The van der Waals surface area contributed by atoms with E-state index >= 15 is 0 Å². The Kier molecular flexibility index (Phi) is 6.26. The Labute approximate surface area is 153 Å². The number of carbonyl (C=O) groups is 3. The Morgan fingerprint density at radius 1 is 1.08 bits per heavy atom. The Morgan fingerprint density at radius 2 is 1.77 bits per heavy atom. The molecule has 2 unspecified atom stereocenters. The minimum absolute atomic E-state index is 0.00371. The van der Waals surface area contributed by atoms with Gasteiger partial charge in [-0.1, -0.05) is 24.6 Å². The maximum absolute atomic E-state index is 12.2. The van der Waals surface area contributed by atoms with E-state index in [1.54, 1.807) is 0 Å². The number of Topliss-reactive ketones (excluding diaryl/α,β-unsaturated/α-hetero) is 1. The average Bonchev–Trinajstić information content (AvgIpc) is 2.64. The fourth-order valence-corrected chi connectivity index (χ4v) is 3.85. The minimum Gasteiger partial charge on any atom is -0.492 e. The molecule has 2 aliphatic carbocycles. The fraction of sp³-hybridized carbons (Fsp3) is 0.550. The highest BCUT2D eigenvalue weighted by Crippen LogP contribution is 2.40. The number of fused-ring (bicyclic) bond motifs is 2. The number of benzene rings is 1. The zero-order chi connectivity index (χ0) is 18.4. The van der Waals surface area contributed by atoms with E-state index in [0.29, 0.717) is 31.8 Å². The molecule has 1 aromatic rings. The number of rotatable bonds is 7. The average molecular weight is 359 g/mol. The molecule has 2 saturated carbocycles. The van der Waals surface area contributed by atoms with E-state index in [4.69, 9.17) is 9.47 Å². The van der Waals surface area contributed by atoms with Crippen LogP contribution < -0.4 is 10.1 Å². The first-order chi connectivity index (χ1) is 12.6. The maximum Gasteiger partial charge on any atom is 0.309 e. The smallest absolute Gasteiger partial charge is 0.309 e. The molecule has 2 bridgehead atoms. The lowest BCUT2D eigenvalue weighted by Gasteiger charge is -2.36. The number of hydrogen-bond acceptors (Lipinski definition) is 5. The number of para-hydroxylation sites is 1. The van der Waals surface area contributed by atoms with Crippen molar-refractivity contribution in [3.63, 3.8) is 0 Å². The monoisotopic (exact) mass is 359 g/mol. The van der Waals surface area contributed by atoms with Crippen LogP contribution >= 0.6 is 0 Å². The third-order valence-corrected chi connectivity index (χ3v) is 5.16. The van der Waals surface area contributed by atoms with Crippen molar-refractivity contribution >= 4 is 17.7 Å². The summed E-state index contributed by atoms with van der Waals surface area (Å²) >= 11 is 0. The molecule has 3 rings (SSSR count). The van der Waals surface area contributed by atoms with Gasteiger partial charge >= 0.3 is 5.97 Å². The first-order valence-electron chi connectivity index (χ1n) is 9.28. The Morgan fingerprint density at radius 3 is 2.46 bits per heavy atom. The minimum atomic E-state index is -0.356. The van der Waals surface area contributed by atoms with Gasteiger partial charge in [0, 0.05) is 11.8 Å². The lowest BCUT2D eigenvalue weighted by Crippen LogP contribution is -2.40. The number of carbonyl (C=O) groups excluding carboxylic acids is 3. The van der Waals surface area contributed by atoms with E-state index in [9.17, 15) is 14.4 Å². The lowest BCUT2D eigenvalue weighted by atomic mass is 9.67. The largest absolute Gasteiger partial charge is 0.492 e. The summed E-state index contributed by atoms with van der Waals surface area (Å²) < 4.78 is 10.6. The van der Waals surface area contributed by atoms with Crippen molar-refractivity contribution in [1.82, 2.24) is 5.32 Å². The van der Waals surface area contributed by atoms with E-state index in [-0.39, 0.29) is 36.2 Å². The van der Waals surface area contributed by atoms with Gasteiger partial charge in [0.25, 0.3) is 5.91 Å². The van der Waals surface area contributed by atoms with Crippen LogP contribution in [0.4, 0.5) is 0 Å². The molecule has 1 N–H and O–H groups in total. The van der Waals surface area contributed by atoms with Crippen LogP contribution in [0.5, 0.6) is 5.75 Å². The van der Waals surface area contributed by atoms with Crippen molar-refractivity contribution in [3.8, 4) is 5.75 Å². The van der Waals surface area contributed by atoms with Crippen molar-refractivity contribution in [2.24, 2.45) is 17.8 Å². The van der Waals surface area contributed by atoms with Gasteiger partial charge in [0.1, 0.15) is 18.1 Å². The molecule has 0 spiro atoms. The third kappa shape index (κ3) is 4.84. The molecular weight excluding hydrogens is 334 g/mol. The number of esters is 1. The highest BCUT2D eigenvalue weighted by Gasteiger charge is 2.41. The highest BCUT2D eigenvalue weighted by molar-refractivity contribution is 5.87. The zero-order valence-corrected chi connectivity index (χ0v) is 14.8. The molecule has 26 heavy (non-hydrogen) atoms. The van der Waals surface area contributed by atoms with Gasteiger partial charge in [-0.2, -0.15) is 0 Å². The van der Waals surface area contributed by atoms with Crippen LogP contribution in [0.15, 0.2) is 30.3 Å². The van der Waals surface area contributed by atoms with E-state index < -0.39 is 0 Å². The van der Waals surface area contributed by atoms with Crippen LogP contribution in [-0.4, -0.2) is 37.4 Å². The molecular formula is C20H25NO5. The molecule has 2 atom stereocenters. The molecule has 1 amide bonds. The van der Waals surface area contributed by atoms with Gasteiger partial charge in [0.2, 0.25) is 0 Å². The second-order valence-corrected chi connectivity index (χ2v) is 7.01. The van der Waals surface area contributed by atoms with E-state index in [0.717, 1.165) is 25.0 Å². The van der Waals surface area contributed by atoms with E-state index in [2.05, 4.69) is 5.32 Å². The van der Waals surface area contributed by atoms with Crippen molar-refractivity contribution in [2.45, 2.75) is 32.1 Å². The van der Waals surface area contributed by atoms with Gasteiger partial charge in [0.15, 0.2) is 6.61 Å². The topological polar surface area (TPSA) is 81.7 Å². The number of amides is 1. The molecule has 6 heteroatoms. The summed E-state index contributed by atoms with van der Waals surface area (Å²) in [4.78, 5) is 36.1. The van der Waals surface area contributed by atoms with Gasteiger partial charge < -0.3 is 14.8 Å². The predicted octanol–water partition coefficient (Wildman–Crippen LogP) is 2.12. The number of nitrogens with one attached hydrogen (secondary N) is 1. The Bertz CT molecular complexity index is 629. The van der Waals surface area contributed by atoms with Gasteiger partial charge in [0.05, 0.1) is 12.5 Å². The fourth-order valence-electron chi connectivity index (χ4n) is 3.85. The van der Waals surface area contributed by atoms with Crippen molar-refractivity contribution in [2.75, 3.05) is 19.8 Å². The Balaban J connectivity index is 1.32. The molecule has 6 nitrogen and oxygen atoms in total. The van der Waals surface area contributed by atoms with Gasteiger partial charge in [-0.25, -0.2) is 0 Å². The molecule has 0 saturated heterocycles. The van der Waals surface area contributed by atoms with E-state index in [1.807, 2.05) is 30.3 Å². The first kappa shape index (κ1) is 18.4. The molecule has 0 aliphatic heterocycles. The summed E-state index contributed by atoms with van der Waals surface area (Å²) in [5.41, 5.74) is 0. The molecule has 0 heterocycles. The van der Waals surface area contributed by atoms with Gasteiger partial charge in [-0.05, 0) is 37.8 Å². The maximum atomic E-state index is 12.2. The van der Waals surface area contributed by atoms with Crippen LogP contribution in [0.25, 0.3) is 0 Å². The van der Waals surface area contributed by atoms with Crippen LogP contribution in [0.2, 0.25) is 0 Å². The molecule has 2 aliphatic rings. The first-order valence-corrected chi connectivity index (χ1v) is 9.28.